The summed E-state index contributed by atoms with van der Waals surface area (Å²) in [4.78, 5) is 24.8. The highest BCUT2D eigenvalue weighted by Gasteiger charge is 2.43. The summed E-state index contributed by atoms with van der Waals surface area (Å²) < 4.78 is 6.05. The molecule has 0 bridgehead atoms. The number of unbranched alkanes of at least 4 members (excludes halogenated alkanes) is 5. The minimum atomic E-state index is -0.321. The van der Waals surface area contributed by atoms with Gasteiger partial charge in [-0.05, 0) is 111 Å². The minimum Gasteiger partial charge on any atom is -0.496 e. The summed E-state index contributed by atoms with van der Waals surface area (Å²) in [6.07, 6.45) is 15.1. The monoisotopic (exact) mass is 754 g/mol. The van der Waals surface area contributed by atoms with Gasteiger partial charge < -0.3 is 20.7 Å². The third-order valence-electron chi connectivity index (χ3n) is 12.3. The van der Waals surface area contributed by atoms with Crippen LogP contribution in [0.15, 0.2) is 47.8 Å². The first kappa shape index (κ1) is 41.7. The number of fused-ring (bicyclic) bond motifs is 1. The molecule has 3 atom stereocenters. The number of anilines is 1. The van der Waals surface area contributed by atoms with Crippen LogP contribution in [0.25, 0.3) is 22.0 Å². The number of ether oxygens (including phenoxy) is 1. The molecule has 2 aromatic heterocycles. The zero-order valence-electron chi connectivity index (χ0n) is 34.4. The fourth-order valence-corrected chi connectivity index (χ4v) is 10.1. The second kappa shape index (κ2) is 19.9. The van der Waals surface area contributed by atoms with Crippen LogP contribution in [-0.2, 0) is 11.3 Å². The Balaban J connectivity index is 1.33. The first-order chi connectivity index (χ1) is 26.2. The van der Waals surface area contributed by atoms with Crippen molar-refractivity contribution in [2.24, 2.45) is 17.3 Å². The van der Waals surface area contributed by atoms with Gasteiger partial charge in [-0.15, -0.1) is 11.3 Å². The lowest BCUT2D eigenvalue weighted by atomic mass is 9.63. The van der Waals surface area contributed by atoms with Crippen molar-refractivity contribution in [1.82, 2.24) is 20.6 Å². The van der Waals surface area contributed by atoms with Crippen molar-refractivity contribution in [2.75, 3.05) is 26.5 Å². The highest BCUT2D eigenvalue weighted by atomic mass is 32.1. The van der Waals surface area contributed by atoms with Crippen molar-refractivity contribution in [3.05, 3.63) is 69.7 Å². The average molecular weight is 754 g/mol. The molecule has 2 heterocycles. The van der Waals surface area contributed by atoms with Gasteiger partial charge in [-0.25, -0.2) is 9.97 Å². The second-order valence-electron chi connectivity index (χ2n) is 16.1. The molecule has 3 N–H and O–H groups in total. The van der Waals surface area contributed by atoms with Crippen LogP contribution < -0.4 is 20.7 Å². The number of hydrogen-bond donors (Lipinski definition) is 3. The molecule has 0 radical (unpaired) electrons. The number of nitrogens with zero attached hydrogens (tertiary/aromatic N) is 2. The van der Waals surface area contributed by atoms with Crippen molar-refractivity contribution < 1.29 is 9.53 Å². The average Bonchev–Trinajstić information content (AvgIpc) is 3.68. The van der Waals surface area contributed by atoms with Crippen molar-refractivity contribution in [1.29, 1.82) is 0 Å². The molecule has 0 spiro atoms. The Morgan fingerprint density at radius 1 is 1.00 bits per heavy atom. The Morgan fingerprint density at radius 2 is 1.74 bits per heavy atom. The number of thiophene rings is 1. The molecule has 54 heavy (non-hydrogen) atoms. The SMILES string of the molecule is CCCCCCCCC(CC)C(C)CC1(C(=O)NC)CCC(c2cc3c(N[C@H](C)c4cc(-c5ccccc5CNC)cs4)nc(C)nc3cc2OC)CC1. The van der Waals surface area contributed by atoms with E-state index in [0.717, 1.165) is 66.9 Å². The van der Waals surface area contributed by atoms with Gasteiger partial charge in [-0.3, -0.25) is 4.79 Å². The highest BCUT2D eigenvalue weighted by molar-refractivity contribution is 7.10. The van der Waals surface area contributed by atoms with Gasteiger partial charge in [0.05, 0.1) is 18.7 Å². The number of rotatable bonds is 20. The maximum absolute atomic E-state index is 13.7. The van der Waals surface area contributed by atoms with Gasteiger partial charge in [0.15, 0.2) is 0 Å². The molecule has 1 fully saturated rings. The Kier molecular flexibility index (Phi) is 15.4. The molecule has 7 nitrogen and oxygen atoms in total. The van der Waals surface area contributed by atoms with Crippen molar-refractivity contribution in [3.63, 3.8) is 0 Å². The maximum atomic E-state index is 13.7. The van der Waals surface area contributed by atoms with Crippen LogP contribution in [0.2, 0.25) is 0 Å². The fourth-order valence-electron chi connectivity index (χ4n) is 9.17. The van der Waals surface area contributed by atoms with Crippen molar-refractivity contribution in [2.45, 2.75) is 137 Å². The van der Waals surface area contributed by atoms with E-state index < -0.39 is 0 Å². The van der Waals surface area contributed by atoms with Crippen LogP contribution in [-0.4, -0.2) is 37.1 Å². The Hall–Kier alpha value is -3.49. The van der Waals surface area contributed by atoms with Crippen LogP contribution in [0.4, 0.5) is 5.82 Å². The fraction of sp³-hybridized carbons (Fsp3) is 0.587. The Bertz CT molecular complexity index is 1800. The van der Waals surface area contributed by atoms with Gasteiger partial charge in [0, 0.05) is 35.3 Å². The molecule has 5 rings (SSSR count). The number of aryl methyl sites for hydroxylation is 1. The number of carbonyl (C=O) groups is 1. The normalized spacial score (nSPS) is 19.0. The molecule has 2 unspecified atom stereocenters. The molecule has 2 aromatic carbocycles. The van der Waals surface area contributed by atoms with Crippen LogP contribution in [0.3, 0.4) is 0 Å². The topological polar surface area (TPSA) is 88.2 Å². The van der Waals surface area contributed by atoms with Crippen LogP contribution in [0.5, 0.6) is 5.75 Å². The number of benzene rings is 2. The van der Waals surface area contributed by atoms with E-state index in [1.807, 2.05) is 21.0 Å². The first-order valence-electron chi connectivity index (χ1n) is 20.8. The highest BCUT2D eigenvalue weighted by Crippen LogP contribution is 2.50. The zero-order chi connectivity index (χ0) is 38.7. The summed E-state index contributed by atoms with van der Waals surface area (Å²) in [5.41, 5.74) is 5.56. The van der Waals surface area contributed by atoms with Crippen LogP contribution >= 0.6 is 11.3 Å². The number of carbonyl (C=O) groups excluding carboxylic acids is 1. The molecular weight excluding hydrogens is 687 g/mol. The Labute approximate surface area is 329 Å². The number of aromatic nitrogens is 2. The lowest BCUT2D eigenvalue weighted by Gasteiger charge is -2.42. The van der Waals surface area contributed by atoms with Gasteiger partial charge in [0.2, 0.25) is 5.91 Å². The standard InChI is InChI=1S/C46H67N5O2S/c1-9-11-12-13-14-15-18-34(10-2)31(3)28-46(45(52)48-7)23-21-35(22-24-46)39-26-40-41(27-42(39)53-8)50-33(5)51-44(40)49-32(4)43-25-37(30-54-43)38-20-17-16-19-36(38)29-47-6/h16-17,19-20,25-27,30-32,34-35,47H,9-15,18,21-24,28-29H2,1-8H3,(H,48,52)(H,49,50,51)/t31?,32-,34?,35?,46?/m1/s1. The van der Waals surface area contributed by atoms with Crippen LogP contribution in [0.1, 0.15) is 145 Å². The lowest BCUT2D eigenvalue weighted by molar-refractivity contribution is -0.134. The van der Waals surface area contributed by atoms with E-state index in [2.05, 4.69) is 91.5 Å². The molecule has 4 aromatic rings. The van der Waals surface area contributed by atoms with E-state index in [1.165, 1.54) is 78.5 Å². The minimum absolute atomic E-state index is 0.0566. The number of nitrogens with one attached hydrogen (secondary N) is 3. The molecule has 0 aliphatic heterocycles. The molecular formula is C46H67N5O2S. The predicted octanol–water partition coefficient (Wildman–Crippen LogP) is 11.8. The first-order valence-corrected chi connectivity index (χ1v) is 21.7. The van der Waals surface area contributed by atoms with Crippen molar-refractivity contribution >= 4 is 34.0 Å². The smallest absolute Gasteiger partial charge is 0.225 e. The van der Waals surface area contributed by atoms with E-state index >= 15 is 0 Å². The summed E-state index contributed by atoms with van der Waals surface area (Å²) in [6, 6.07) is 15.3. The number of amides is 1. The molecule has 8 heteroatoms. The third-order valence-corrected chi connectivity index (χ3v) is 13.4. The maximum Gasteiger partial charge on any atom is 0.225 e. The summed E-state index contributed by atoms with van der Waals surface area (Å²) in [6.45, 7) is 12.0. The lowest BCUT2D eigenvalue weighted by Crippen LogP contribution is -2.43. The van der Waals surface area contributed by atoms with Crippen molar-refractivity contribution in [3.8, 4) is 16.9 Å². The van der Waals surface area contributed by atoms with E-state index in [1.54, 1.807) is 18.4 Å². The van der Waals surface area contributed by atoms with Gasteiger partial charge in [0.25, 0.3) is 0 Å². The summed E-state index contributed by atoms with van der Waals surface area (Å²) in [5.74, 6) is 4.16. The molecule has 1 aliphatic rings. The van der Waals surface area contributed by atoms with Gasteiger partial charge >= 0.3 is 0 Å². The van der Waals surface area contributed by atoms with Crippen LogP contribution in [0, 0.1) is 24.2 Å². The molecule has 1 saturated carbocycles. The predicted molar refractivity (Wildman–Crippen MR) is 229 cm³/mol. The molecule has 1 amide bonds. The van der Waals surface area contributed by atoms with E-state index in [-0.39, 0.29) is 17.4 Å². The molecule has 0 saturated heterocycles. The van der Waals surface area contributed by atoms with E-state index in [0.29, 0.717) is 17.8 Å². The zero-order valence-corrected chi connectivity index (χ0v) is 35.3. The quantitative estimate of drug-likeness (QED) is 0.0779. The number of hydrogen-bond acceptors (Lipinski definition) is 7. The summed E-state index contributed by atoms with van der Waals surface area (Å²) in [7, 11) is 5.57. The van der Waals surface area contributed by atoms with Gasteiger partial charge in [-0.1, -0.05) is 96.4 Å². The summed E-state index contributed by atoms with van der Waals surface area (Å²) in [5, 5.41) is 13.4. The molecule has 1 aliphatic carbocycles. The largest absolute Gasteiger partial charge is 0.496 e. The second-order valence-corrected chi connectivity index (χ2v) is 17.0. The molecule has 294 valence electrons. The van der Waals surface area contributed by atoms with Gasteiger partial charge in [0.1, 0.15) is 17.4 Å². The van der Waals surface area contributed by atoms with Gasteiger partial charge in [-0.2, -0.15) is 0 Å². The third kappa shape index (κ3) is 10.0. The van der Waals surface area contributed by atoms with E-state index in [9.17, 15) is 4.79 Å². The summed E-state index contributed by atoms with van der Waals surface area (Å²) >= 11 is 1.78. The van der Waals surface area contributed by atoms with E-state index in [4.69, 9.17) is 14.7 Å². The number of methoxy groups -OCH3 is 1. The Morgan fingerprint density at radius 3 is 2.44 bits per heavy atom.